The highest BCUT2D eigenvalue weighted by Crippen LogP contribution is 2.29. The van der Waals surface area contributed by atoms with Crippen molar-refractivity contribution in [3.8, 4) is 0 Å². The Balaban J connectivity index is 0.00000169. The van der Waals surface area contributed by atoms with E-state index in [1.54, 1.807) is 11.3 Å². The maximum atomic E-state index is 6.07. The van der Waals surface area contributed by atoms with E-state index in [0.717, 1.165) is 48.4 Å². The molecule has 1 aliphatic rings. The normalized spacial score (nSPS) is 15.5. The quantitative estimate of drug-likeness (QED) is 0.657. The Morgan fingerprint density at radius 1 is 1.00 bits per heavy atom. The molecule has 4 rings (SSSR count). The third-order valence-electron chi connectivity index (χ3n) is 4.22. The number of para-hydroxylation sites is 1. The fourth-order valence-corrected chi connectivity index (χ4v) is 4.22. The molecule has 1 aromatic heterocycles. The van der Waals surface area contributed by atoms with Crippen LogP contribution in [-0.2, 0) is 6.54 Å². The van der Waals surface area contributed by atoms with Crippen LogP contribution in [0.3, 0.4) is 0 Å². The van der Waals surface area contributed by atoms with Crippen LogP contribution >= 0.6 is 35.3 Å². The highest BCUT2D eigenvalue weighted by Gasteiger charge is 2.19. The van der Waals surface area contributed by atoms with Crippen LogP contribution in [0.1, 0.15) is 5.56 Å². The molecule has 1 saturated heterocycles. The second-order valence-electron chi connectivity index (χ2n) is 5.86. The van der Waals surface area contributed by atoms with Gasteiger partial charge in [-0.2, -0.15) is 0 Å². The first-order valence-corrected chi connectivity index (χ1v) is 9.05. The van der Waals surface area contributed by atoms with E-state index in [1.165, 1.54) is 10.3 Å². The van der Waals surface area contributed by atoms with Crippen molar-refractivity contribution in [2.75, 3.05) is 31.1 Å². The van der Waals surface area contributed by atoms with Gasteiger partial charge in [0.15, 0.2) is 5.13 Å². The molecule has 24 heavy (non-hydrogen) atoms. The fraction of sp³-hybridized carbons (Fsp3) is 0.278. The zero-order valence-electron chi connectivity index (χ0n) is 13.2. The zero-order chi connectivity index (χ0) is 15.6. The first kappa shape index (κ1) is 17.5. The van der Waals surface area contributed by atoms with Crippen LogP contribution in [0.5, 0.6) is 0 Å². The van der Waals surface area contributed by atoms with Crippen molar-refractivity contribution in [2.24, 2.45) is 0 Å². The molecule has 1 fully saturated rings. The largest absolute Gasteiger partial charge is 0.345 e. The van der Waals surface area contributed by atoms with Crippen LogP contribution < -0.4 is 4.90 Å². The van der Waals surface area contributed by atoms with Crippen molar-refractivity contribution in [1.29, 1.82) is 0 Å². The van der Waals surface area contributed by atoms with Gasteiger partial charge in [0.1, 0.15) is 0 Å². The minimum absolute atomic E-state index is 0. The van der Waals surface area contributed by atoms with Crippen molar-refractivity contribution < 1.29 is 0 Å². The Bertz CT molecular complexity index is 780. The molecule has 0 amide bonds. The topological polar surface area (TPSA) is 19.4 Å². The number of hydrogen-bond donors (Lipinski definition) is 0. The van der Waals surface area contributed by atoms with Gasteiger partial charge in [-0.05, 0) is 29.8 Å². The van der Waals surface area contributed by atoms with Gasteiger partial charge in [-0.25, -0.2) is 4.98 Å². The molecule has 6 heteroatoms. The first-order valence-electron chi connectivity index (χ1n) is 7.85. The molecular formula is C18H19Cl2N3S. The van der Waals surface area contributed by atoms with E-state index in [1.807, 2.05) is 12.1 Å². The van der Waals surface area contributed by atoms with Crippen molar-refractivity contribution in [3.05, 3.63) is 59.1 Å². The lowest BCUT2D eigenvalue weighted by atomic mass is 10.2. The van der Waals surface area contributed by atoms with E-state index >= 15 is 0 Å². The molecule has 0 N–H and O–H groups in total. The number of rotatable bonds is 3. The molecule has 0 spiro atoms. The first-order chi connectivity index (χ1) is 11.3. The summed E-state index contributed by atoms with van der Waals surface area (Å²) >= 11 is 7.86. The lowest BCUT2D eigenvalue weighted by Crippen LogP contribution is -2.45. The van der Waals surface area contributed by atoms with Crippen LogP contribution in [0.25, 0.3) is 10.2 Å². The number of thiazole rings is 1. The Kier molecular flexibility index (Phi) is 5.61. The summed E-state index contributed by atoms with van der Waals surface area (Å²) in [6, 6.07) is 16.5. The van der Waals surface area contributed by atoms with Gasteiger partial charge in [-0.3, -0.25) is 4.90 Å². The number of halogens is 2. The Labute approximate surface area is 157 Å². The third kappa shape index (κ3) is 3.83. The van der Waals surface area contributed by atoms with Gasteiger partial charge < -0.3 is 4.90 Å². The van der Waals surface area contributed by atoms with Crippen LogP contribution in [-0.4, -0.2) is 36.1 Å². The molecule has 2 aromatic carbocycles. The Hall–Kier alpha value is -1.33. The van der Waals surface area contributed by atoms with Gasteiger partial charge in [0.05, 0.1) is 10.2 Å². The molecule has 0 unspecified atom stereocenters. The van der Waals surface area contributed by atoms with Crippen molar-refractivity contribution >= 4 is 50.7 Å². The molecule has 0 radical (unpaired) electrons. The monoisotopic (exact) mass is 379 g/mol. The summed E-state index contributed by atoms with van der Waals surface area (Å²) < 4.78 is 1.27. The predicted octanol–water partition coefficient (Wildman–Crippen LogP) is 4.69. The number of fused-ring (bicyclic) bond motifs is 1. The van der Waals surface area contributed by atoms with Crippen molar-refractivity contribution in [3.63, 3.8) is 0 Å². The van der Waals surface area contributed by atoms with E-state index in [-0.39, 0.29) is 12.4 Å². The summed E-state index contributed by atoms with van der Waals surface area (Å²) in [7, 11) is 0. The highest BCUT2D eigenvalue weighted by molar-refractivity contribution is 7.22. The third-order valence-corrected chi connectivity index (χ3v) is 5.55. The predicted molar refractivity (Wildman–Crippen MR) is 106 cm³/mol. The maximum Gasteiger partial charge on any atom is 0.186 e. The molecular weight excluding hydrogens is 361 g/mol. The molecule has 126 valence electrons. The number of aromatic nitrogens is 1. The summed E-state index contributed by atoms with van der Waals surface area (Å²) in [6.45, 7) is 5.14. The number of piperazine rings is 1. The minimum atomic E-state index is 0. The zero-order valence-corrected chi connectivity index (χ0v) is 15.6. The van der Waals surface area contributed by atoms with E-state index in [9.17, 15) is 0 Å². The minimum Gasteiger partial charge on any atom is -0.345 e. The summed E-state index contributed by atoms with van der Waals surface area (Å²) in [6.07, 6.45) is 0. The summed E-state index contributed by atoms with van der Waals surface area (Å²) in [5.74, 6) is 0. The van der Waals surface area contributed by atoms with E-state index in [2.05, 4.69) is 46.2 Å². The molecule has 0 saturated carbocycles. The highest BCUT2D eigenvalue weighted by atomic mass is 35.5. The fourth-order valence-electron chi connectivity index (χ4n) is 2.99. The molecule has 2 heterocycles. The maximum absolute atomic E-state index is 6.07. The molecule has 3 nitrogen and oxygen atoms in total. The van der Waals surface area contributed by atoms with Gasteiger partial charge in [-0.1, -0.05) is 47.2 Å². The van der Waals surface area contributed by atoms with Crippen LogP contribution in [0, 0.1) is 0 Å². The van der Waals surface area contributed by atoms with Crippen LogP contribution in [0.15, 0.2) is 48.5 Å². The number of anilines is 1. The summed E-state index contributed by atoms with van der Waals surface area (Å²) in [5, 5.41) is 1.96. The molecule has 1 aliphatic heterocycles. The van der Waals surface area contributed by atoms with Gasteiger partial charge >= 0.3 is 0 Å². The SMILES string of the molecule is Cl.Clc1cccc(CN2CCN(c3nc4ccccc4s3)CC2)c1. The van der Waals surface area contributed by atoms with Gasteiger partial charge in [-0.15, -0.1) is 12.4 Å². The standard InChI is InChI=1S/C18H18ClN3S.ClH/c19-15-5-3-4-14(12-15)13-21-8-10-22(11-9-21)18-20-16-6-1-2-7-17(16)23-18;/h1-7,12H,8-11,13H2;1H. The average Bonchev–Trinajstić information content (AvgIpc) is 2.99. The average molecular weight is 380 g/mol. The second kappa shape index (κ2) is 7.70. The van der Waals surface area contributed by atoms with E-state index < -0.39 is 0 Å². The van der Waals surface area contributed by atoms with Gasteiger partial charge in [0, 0.05) is 37.7 Å². The molecule has 3 aromatic rings. The van der Waals surface area contributed by atoms with Crippen molar-refractivity contribution in [2.45, 2.75) is 6.54 Å². The number of hydrogen-bond acceptors (Lipinski definition) is 4. The lowest BCUT2D eigenvalue weighted by Gasteiger charge is -2.34. The van der Waals surface area contributed by atoms with Gasteiger partial charge in [0.25, 0.3) is 0 Å². The molecule has 0 aliphatic carbocycles. The number of nitrogens with zero attached hydrogens (tertiary/aromatic N) is 3. The second-order valence-corrected chi connectivity index (χ2v) is 7.30. The van der Waals surface area contributed by atoms with Crippen LogP contribution in [0.4, 0.5) is 5.13 Å². The molecule has 0 bridgehead atoms. The summed E-state index contributed by atoms with van der Waals surface area (Å²) in [5.41, 5.74) is 2.39. The van der Waals surface area contributed by atoms with E-state index in [4.69, 9.17) is 16.6 Å². The smallest absolute Gasteiger partial charge is 0.186 e. The Morgan fingerprint density at radius 2 is 1.79 bits per heavy atom. The lowest BCUT2D eigenvalue weighted by molar-refractivity contribution is 0.250. The number of benzene rings is 2. The van der Waals surface area contributed by atoms with Crippen LogP contribution in [0.2, 0.25) is 5.02 Å². The Morgan fingerprint density at radius 3 is 2.54 bits per heavy atom. The molecule has 0 atom stereocenters. The van der Waals surface area contributed by atoms with Crippen molar-refractivity contribution in [1.82, 2.24) is 9.88 Å². The summed E-state index contributed by atoms with van der Waals surface area (Å²) in [4.78, 5) is 9.65. The van der Waals surface area contributed by atoms with Gasteiger partial charge in [0.2, 0.25) is 0 Å². The van der Waals surface area contributed by atoms with E-state index in [0.29, 0.717) is 0 Å².